The van der Waals surface area contributed by atoms with E-state index < -0.39 is 35.0 Å². The Labute approximate surface area is 434 Å². The van der Waals surface area contributed by atoms with Gasteiger partial charge in [0.1, 0.15) is 24.2 Å². The van der Waals surface area contributed by atoms with Crippen molar-refractivity contribution in [2.45, 2.75) is 164 Å². The molecule has 0 unspecified atom stereocenters. The Kier molecular flexibility index (Phi) is 16.9. The van der Waals surface area contributed by atoms with Crippen molar-refractivity contribution in [2.24, 2.45) is 10.8 Å². The smallest absolute Gasteiger partial charge is 0.246 e. The maximum Gasteiger partial charge on any atom is 0.246 e. The Morgan fingerprint density at radius 1 is 0.657 bits per heavy atom. The van der Waals surface area contributed by atoms with Gasteiger partial charge in [0.2, 0.25) is 23.6 Å². The number of thiocarbonyl (C=S) groups is 2. The van der Waals surface area contributed by atoms with E-state index in [1.165, 1.54) is 0 Å². The molecule has 18 heteroatoms. The van der Waals surface area contributed by atoms with E-state index in [1.807, 2.05) is 62.0 Å². The number of nitrogens with one attached hydrogen (secondary N) is 6. The molecule has 6 N–H and O–H groups in total. The first-order valence-corrected chi connectivity index (χ1v) is 28.2. The van der Waals surface area contributed by atoms with Crippen molar-refractivity contribution in [2.75, 3.05) is 38.8 Å². The second-order valence-corrected chi connectivity index (χ2v) is 24.8. The summed E-state index contributed by atoms with van der Waals surface area (Å²) in [5, 5.41) is 19.6. The molecule has 0 radical (unpaired) electrons. The van der Waals surface area contributed by atoms with E-state index in [-0.39, 0.29) is 70.8 Å². The monoisotopic (exact) mass is 1030 g/mol. The minimum absolute atomic E-state index is 0.0781. The molecule has 14 nitrogen and oxygen atoms in total. The van der Waals surface area contributed by atoms with Crippen LogP contribution in [0.5, 0.6) is 0 Å². The standard InChI is InChI=1S/C52H74N8O6S4/c1-29(53-7)47(67)55-35-19-23-69-39-27-51(3,4)43(59(39)49(35)63)45(61)57-41-33-17-11-9-15-31(33)25-37(41)65-21-13-14-22-66-38-26-32-16-10-12-18-34(32)42(38)58-46(62)44-52(5,6)28-40-60(44)50(64)36(20-24-70-40)56-48(68)30(2)54-8/h9-12,15-18,29-30,35-44,53-54H,13-14,19-28H2,1-8H3,(H,55,67)(H,56,68)(H,57,61)(H,58,62)/t29-,30-,35-,36-,37+,38+,39-,40-,41-,42-,43+,44+/m0/s1. The van der Waals surface area contributed by atoms with Gasteiger partial charge in [0.15, 0.2) is 0 Å². The van der Waals surface area contributed by atoms with Crippen molar-refractivity contribution in [3.05, 3.63) is 70.8 Å². The topological polar surface area (TPSA) is 165 Å². The molecule has 0 saturated carbocycles. The van der Waals surface area contributed by atoms with E-state index in [9.17, 15) is 19.2 Å². The molecule has 12 atom stereocenters. The van der Waals surface area contributed by atoms with Crippen LogP contribution in [-0.2, 0) is 41.5 Å². The lowest BCUT2D eigenvalue weighted by atomic mass is 9.83. The molecule has 0 spiro atoms. The van der Waals surface area contributed by atoms with Gasteiger partial charge in [0.25, 0.3) is 0 Å². The molecule has 2 aromatic carbocycles. The van der Waals surface area contributed by atoms with E-state index in [2.05, 4.69) is 83.9 Å². The molecule has 70 heavy (non-hydrogen) atoms. The SMILES string of the molecule is CN[C@@H](C)C(=S)N[C@H]1CCS[C@H]2CC(C)(C)[C@@H](C(=O)N[C@H]3c4ccccc4C[C@H]3OCCCCO[C@@H]3Cc4ccccc4[C@@H]3NC(=O)[C@H]3N4C(=O)[C@@H](NC(=S)[C@H](C)NC)CCS[C@H]4CC3(C)C)N2C1=O. The first-order valence-electron chi connectivity index (χ1n) is 25.3. The van der Waals surface area contributed by atoms with Gasteiger partial charge < -0.3 is 51.2 Å². The molecule has 8 rings (SSSR count). The molecule has 4 heterocycles. The highest BCUT2D eigenvalue weighted by molar-refractivity contribution is 8.00. The molecule has 6 aliphatic rings. The van der Waals surface area contributed by atoms with Gasteiger partial charge in [-0.1, -0.05) is 101 Å². The molecule has 0 bridgehead atoms. The predicted octanol–water partition coefficient (Wildman–Crippen LogP) is 5.33. The number of amides is 4. The summed E-state index contributed by atoms with van der Waals surface area (Å²) in [5.41, 5.74) is 3.49. The molecule has 4 saturated heterocycles. The highest BCUT2D eigenvalue weighted by atomic mass is 32.2. The molecule has 4 aliphatic heterocycles. The van der Waals surface area contributed by atoms with Crippen LogP contribution < -0.4 is 31.9 Å². The Hall–Kier alpha value is -3.36. The molecular weight excluding hydrogens is 961 g/mol. The summed E-state index contributed by atoms with van der Waals surface area (Å²) in [5.74, 6) is 1.11. The van der Waals surface area contributed by atoms with Gasteiger partial charge >= 0.3 is 0 Å². The third-order valence-corrected chi connectivity index (χ3v) is 19.0. The number of hydrogen-bond acceptors (Lipinski definition) is 12. The highest BCUT2D eigenvalue weighted by Crippen LogP contribution is 2.48. The van der Waals surface area contributed by atoms with E-state index in [0.717, 1.165) is 59.4 Å². The predicted molar refractivity (Wildman–Crippen MR) is 287 cm³/mol. The number of nitrogens with zero attached hydrogens (tertiary/aromatic N) is 2. The average Bonchev–Trinajstić information content (AvgIpc) is 3.97. The lowest BCUT2D eigenvalue weighted by molar-refractivity contribution is -0.143. The number of unbranched alkanes of at least 4 members (excludes halogenated alkanes) is 1. The van der Waals surface area contributed by atoms with Crippen LogP contribution in [0.1, 0.15) is 114 Å². The van der Waals surface area contributed by atoms with Crippen LogP contribution in [0.2, 0.25) is 0 Å². The third kappa shape index (κ3) is 11.1. The molecule has 2 aromatic rings. The van der Waals surface area contributed by atoms with Crippen LogP contribution >= 0.6 is 48.0 Å². The fraction of sp³-hybridized carbons (Fsp3) is 0.654. The number of hydrogen-bond donors (Lipinski definition) is 6. The van der Waals surface area contributed by atoms with E-state index in [0.29, 0.717) is 48.9 Å². The van der Waals surface area contributed by atoms with Crippen LogP contribution in [0.3, 0.4) is 0 Å². The summed E-state index contributed by atoms with van der Waals surface area (Å²) >= 11 is 14.8. The number of fused-ring (bicyclic) bond motifs is 4. The first-order chi connectivity index (χ1) is 33.4. The lowest BCUT2D eigenvalue weighted by Crippen LogP contribution is -2.58. The minimum atomic E-state index is -0.653. The Morgan fingerprint density at radius 2 is 1.04 bits per heavy atom. The number of ether oxygens (including phenoxy) is 2. The first kappa shape index (κ1) is 52.9. The molecule has 0 aromatic heterocycles. The summed E-state index contributed by atoms with van der Waals surface area (Å²) in [7, 11) is 3.69. The van der Waals surface area contributed by atoms with Gasteiger partial charge in [-0.3, -0.25) is 19.2 Å². The molecule has 382 valence electrons. The van der Waals surface area contributed by atoms with Crippen LogP contribution in [-0.4, -0.2) is 141 Å². The van der Waals surface area contributed by atoms with Crippen LogP contribution in [0.25, 0.3) is 0 Å². The largest absolute Gasteiger partial charge is 0.375 e. The van der Waals surface area contributed by atoms with E-state index >= 15 is 0 Å². The minimum Gasteiger partial charge on any atom is -0.375 e. The van der Waals surface area contributed by atoms with Crippen LogP contribution in [0.15, 0.2) is 48.5 Å². The zero-order valence-electron chi connectivity index (χ0n) is 42.0. The van der Waals surface area contributed by atoms with Gasteiger partial charge in [-0.15, -0.1) is 23.5 Å². The average molecular weight is 1040 g/mol. The Balaban J connectivity index is 0.882. The number of benzene rings is 2. The van der Waals surface area contributed by atoms with Crippen molar-refractivity contribution in [1.29, 1.82) is 0 Å². The van der Waals surface area contributed by atoms with E-state index in [1.54, 1.807) is 23.5 Å². The van der Waals surface area contributed by atoms with E-state index in [4.69, 9.17) is 33.9 Å². The van der Waals surface area contributed by atoms with Crippen molar-refractivity contribution in [3.63, 3.8) is 0 Å². The van der Waals surface area contributed by atoms with Crippen molar-refractivity contribution in [1.82, 2.24) is 41.7 Å². The third-order valence-electron chi connectivity index (χ3n) is 15.5. The zero-order chi connectivity index (χ0) is 50.1. The summed E-state index contributed by atoms with van der Waals surface area (Å²) in [6.07, 6.45) is 4.98. The normalized spacial score (nSPS) is 30.5. The van der Waals surface area contributed by atoms with Crippen molar-refractivity contribution < 1.29 is 28.7 Å². The lowest BCUT2D eigenvalue weighted by Gasteiger charge is -2.35. The van der Waals surface area contributed by atoms with Gasteiger partial charge in [0, 0.05) is 26.1 Å². The number of likely N-dealkylation sites (N-methyl/N-ethyl adjacent to an activating group) is 2. The Morgan fingerprint density at radius 3 is 1.43 bits per heavy atom. The van der Waals surface area contributed by atoms with Gasteiger partial charge in [-0.05, 0) is 111 Å². The fourth-order valence-electron chi connectivity index (χ4n) is 11.5. The summed E-state index contributed by atoms with van der Waals surface area (Å²) in [6.45, 7) is 13.3. The maximum atomic E-state index is 14.7. The molecule has 4 amide bonds. The van der Waals surface area contributed by atoms with Gasteiger partial charge in [0.05, 0.1) is 57.1 Å². The second-order valence-electron chi connectivity index (χ2n) is 21.4. The van der Waals surface area contributed by atoms with Crippen LogP contribution in [0, 0.1) is 10.8 Å². The summed E-state index contributed by atoms with van der Waals surface area (Å²) in [6, 6.07) is 13.2. The van der Waals surface area contributed by atoms with Crippen LogP contribution in [0.4, 0.5) is 0 Å². The number of rotatable bonds is 17. The fourth-order valence-corrected chi connectivity index (χ4v) is 15.1. The van der Waals surface area contributed by atoms with Gasteiger partial charge in [-0.2, -0.15) is 0 Å². The Bertz CT molecular complexity index is 2130. The summed E-state index contributed by atoms with van der Waals surface area (Å²) in [4.78, 5) is 62.8. The number of thioether (sulfide) groups is 2. The van der Waals surface area contributed by atoms with Crippen molar-refractivity contribution >= 4 is 81.6 Å². The molecule has 4 fully saturated rings. The summed E-state index contributed by atoms with van der Waals surface area (Å²) < 4.78 is 13.3. The highest BCUT2D eigenvalue weighted by Gasteiger charge is 2.57. The maximum absolute atomic E-state index is 14.7. The number of carbonyl (C=O) groups excluding carboxylic acids is 4. The molecule has 2 aliphatic carbocycles. The second kappa shape index (κ2) is 22.4. The molecular formula is C52H74N8O6S4. The van der Waals surface area contributed by atoms with Crippen molar-refractivity contribution in [3.8, 4) is 0 Å². The van der Waals surface area contributed by atoms with Gasteiger partial charge in [-0.25, -0.2) is 0 Å². The number of carbonyl (C=O) groups is 4. The zero-order valence-corrected chi connectivity index (χ0v) is 45.3. The quantitative estimate of drug-likeness (QED) is 0.0890.